The van der Waals surface area contributed by atoms with Crippen molar-refractivity contribution in [3.8, 4) is 0 Å². The molecule has 1 aromatic carbocycles. The van der Waals surface area contributed by atoms with Crippen LogP contribution in [0.25, 0.3) is 0 Å². The van der Waals surface area contributed by atoms with Crippen molar-refractivity contribution in [1.82, 2.24) is 0 Å². The smallest absolute Gasteiger partial charge is 0.272 e. The number of rotatable bonds is 6. The van der Waals surface area contributed by atoms with Gasteiger partial charge < -0.3 is 30.0 Å². The number of aliphatic hydroxyl groups is 2. The molecule has 0 saturated heterocycles. The molecule has 108 valence electrons. The highest BCUT2D eigenvalue weighted by atomic mass is 16.6. The molecule has 2 atom stereocenters. The number of carbonyl (C=O) groups is 2. The van der Waals surface area contributed by atoms with Gasteiger partial charge in [0.25, 0.3) is 5.69 Å². The molecular formula is C11H9NO8-2. The SMILES string of the molecule is O=C([O-])C(O)C(O)(Cc1ccccc1[N+](=O)[O-])C(=O)[O-]. The minimum atomic E-state index is -3.25. The van der Waals surface area contributed by atoms with Gasteiger partial charge in [-0.25, -0.2) is 0 Å². The maximum atomic E-state index is 10.9. The molecule has 0 fully saturated rings. The molecule has 1 rings (SSSR count). The number of para-hydroxylation sites is 1. The lowest BCUT2D eigenvalue weighted by Crippen LogP contribution is -2.62. The maximum absolute atomic E-state index is 10.9. The van der Waals surface area contributed by atoms with Gasteiger partial charge in [-0.2, -0.15) is 0 Å². The first-order valence-corrected chi connectivity index (χ1v) is 5.25. The average molecular weight is 283 g/mol. The Morgan fingerprint density at radius 3 is 2.30 bits per heavy atom. The summed E-state index contributed by atoms with van der Waals surface area (Å²) in [4.78, 5) is 31.3. The van der Waals surface area contributed by atoms with E-state index in [0.29, 0.717) is 0 Å². The molecule has 0 aromatic heterocycles. The molecule has 20 heavy (non-hydrogen) atoms. The van der Waals surface area contributed by atoms with Gasteiger partial charge in [-0.15, -0.1) is 0 Å². The van der Waals surface area contributed by atoms with Crippen molar-refractivity contribution >= 4 is 17.6 Å². The minimum Gasteiger partial charge on any atom is -0.547 e. The number of carbonyl (C=O) groups excluding carboxylic acids is 2. The van der Waals surface area contributed by atoms with Crippen molar-refractivity contribution in [1.29, 1.82) is 0 Å². The Morgan fingerprint density at radius 2 is 1.85 bits per heavy atom. The number of hydrogen-bond acceptors (Lipinski definition) is 8. The fourth-order valence-electron chi connectivity index (χ4n) is 1.60. The molecule has 0 amide bonds. The number of nitro groups is 1. The zero-order chi connectivity index (χ0) is 15.5. The zero-order valence-electron chi connectivity index (χ0n) is 9.88. The Morgan fingerprint density at radius 1 is 1.30 bits per heavy atom. The number of carboxylic acid groups (broad SMARTS) is 2. The summed E-state index contributed by atoms with van der Waals surface area (Å²) < 4.78 is 0. The lowest BCUT2D eigenvalue weighted by Gasteiger charge is -2.34. The Balaban J connectivity index is 3.25. The van der Waals surface area contributed by atoms with Crippen molar-refractivity contribution in [2.24, 2.45) is 0 Å². The summed E-state index contributed by atoms with van der Waals surface area (Å²) in [6.45, 7) is 0. The minimum absolute atomic E-state index is 0.274. The third-order valence-corrected chi connectivity index (χ3v) is 2.68. The predicted molar refractivity (Wildman–Crippen MR) is 57.8 cm³/mol. The first-order valence-electron chi connectivity index (χ1n) is 5.25. The molecule has 1 aromatic rings. The topological polar surface area (TPSA) is 164 Å². The molecule has 0 heterocycles. The van der Waals surface area contributed by atoms with E-state index >= 15 is 0 Å². The number of carboxylic acids is 2. The van der Waals surface area contributed by atoms with Crippen molar-refractivity contribution in [3.63, 3.8) is 0 Å². The van der Waals surface area contributed by atoms with Gasteiger partial charge in [-0.3, -0.25) is 10.1 Å². The second-order valence-electron chi connectivity index (χ2n) is 4.00. The highest BCUT2D eigenvalue weighted by molar-refractivity contribution is 5.85. The second-order valence-corrected chi connectivity index (χ2v) is 4.00. The lowest BCUT2D eigenvalue weighted by atomic mass is 9.88. The van der Waals surface area contributed by atoms with E-state index in [1.165, 1.54) is 12.1 Å². The summed E-state index contributed by atoms with van der Waals surface area (Å²) in [5.41, 5.74) is -4.05. The zero-order valence-corrected chi connectivity index (χ0v) is 9.88. The first-order chi connectivity index (χ1) is 9.20. The van der Waals surface area contributed by atoms with E-state index in [4.69, 9.17) is 0 Å². The van der Waals surface area contributed by atoms with Gasteiger partial charge in [-0.05, 0) is 0 Å². The third-order valence-electron chi connectivity index (χ3n) is 2.68. The van der Waals surface area contributed by atoms with Crippen LogP contribution in [-0.2, 0) is 16.0 Å². The molecule has 9 nitrogen and oxygen atoms in total. The average Bonchev–Trinajstić information content (AvgIpc) is 2.37. The van der Waals surface area contributed by atoms with Crippen LogP contribution in [0.15, 0.2) is 24.3 Å². The fraction of sp³-hybridized carbons (Fsp3) is 0.273. The van der Waals surface area contributed by atoms with Gasteiger partial charge in [0.2, 0.25) is 0 Å². The summed E-state index contributed by atoms with van der Waals surface area (Å²) in [7, 11) is 0. The summed E-state index contributed by atoms with van der Waals surface area (Å²) in [6.07, 6.45) is -3.82. The molecule has 9 heteroatoms. The molecule has 0 bridgehead atoms. The molecule has 0 aliphatic rings. The van der Waals surface area contributed by atoms with Gasteiger partial charge >= 0.3 is 0 Å². The van der Waals surface area contributed by atoms with Crippen molar-refractivity contribution in [3.05, 3.63) is 39.9 Å². The highest BCUT2D eigenvalue weighted by Crippen LogP contribution is 2.25. The Kier molecular flexibility index (Phi) is 4.38. The number of aliphatic carboxylic acids is 2. The first kappa shape index (κ1) is 15.5. The molecule has 0 spiro atoms. The number of nitro benzene ring substituents is 1. The summed E-state index contributed by atoms with van der Waals surface area (Å²) in [6, 6.07) is 4.78. The Hall–Kier alpha value is -2.52. The van der Waals surface area contributed by atoms with Crippen LogP contribution in [0.4, 0.5) is 5.69 Å². The normalized spacial score (nSPS) is 15.1. The van der Waals surface area contributed by atoms with E-state index in [2.05, 4.69) is 0 Å². The van der Waals surface area contributed by atoms with Crippen LogP contribution >= 0.6 is 0 Å². The predicted octanol–water partition coefficient (Wildman–Crippen LogP) is -3.27. The van der Waals surface area contributed by atoms with Crippen LogP contribution in [0.5, 0.6) is 0 Å². The summed E-state index contributed by atoms with van der Waals surface area (Å²) in [5.74, 6) is -4.53. The highest BCUT2D eigenvalue weighted by Gasteiger charge is 2.40. The standard InChI is InChI=1S/C11H11NO8/c13-8(9(14)15)11(18,10(16)17)5-6-3-1-2-4-7(6)12(19)20/h1-4,8,13,18H,5H2,(H,14,15)(H,16,17)/p-2. The van der Waals surface area contributed by atoms with Crippen LogP contribution in [0.1, 0.15) is 5.56 Å². The quantitative estimate of drug-likeness (QED) is 0.405. The molecular weight excluding hydrogens is 274 g/mol. The maximum Gasteiger partial charge on any atom is 0.272 e. The summed E-state index contributed by atoms with van der Waals surface area (Å²) in [5, 5.41) is 51.1. The van der Waals surface area contributed by atoms with E-state index in [0.717, 1.165) is 12.1 Å². The molecule has 0 aliphatic heterocycles. The fourth-order valence-corrected chi connectivity index (χ4v) is 1.60. The van der Waals surface area contributed by atoms with Crippen LogP contribution in [0.2, 0.25) is 0 Å². The molecule has 0 saturated carbocycles. The van der Waals surface area contributed by atoms with Crippen LogP contribution < -0.4 is 10.2 Å². The van der Waals surface area contributed by atoms with E-state index < -0.39 is 40.7 Å². The van der Waals surface area contributed by atoms with E-state index in [1.807, 2.05) is 0 Å². The Labute approximate surface area is 111 Å². The van der Waals surface area contributed by atoms with Crippen molar-refractivity contribution in [2.75, 3.05) is 0 Å². The van der Waals surface area contributed by atoms with Gasteiger partial charge in [0.15, 0.2) is 0 Å². The number of hydrogen-bond donors (Lipinski definition) is 2. The molecule has 2 unspecified atom stereocenters. The molecule has 0 radical (unpaired) electrons. The summed E-state index contributed by atoms with van der Waals surface area (Å²) >= 11 is 0. The number of benzene rings is 1. The van der Waals surface area contributed by atoms with Gasteiger partial charge in [-0.1, -0.05) is 18.2 Å². The van der Waals surface area contributed by atoms with E-state index in [1.54, 1.807) is 0 Å². The second kappa shape index (κ2) is 5.63. The van der Waals surface area contributed by atoms with E-state index in [9.17, 15) is 40.1 Å². The van der Waals surface area contributed by atoms with Crippen LogP contribution in [-0.4, -0.2) is 38.8 Å². The Bertz CT molecular complexity index is 557. The van der Waals surface area contributed by atoms with Gasteiger partial charge in [0, 0.05) is 18.1 Å². The van der Waals surface area contributed by atoms with Crippen LogP contribution in [0.3, 0.4) is 0 Å². The molecule has 0 aliphatic carbocycles. The van der Waals surface area contributed by atoms with E-state index in [-0.39, 0.29) is 5.56 Å². The third kappa shape index (κ3) is 2.90. The lowest BCUT2D eigenvalue weighted by molar-refractivity contribution is -0.386. The largest absolute Gasteiger partial charge is 0.547 e. The number of aliphatic hydroxyl groups excluding tert-OH is 1. The van der Waals surface area contributed by atoms with Crippen molar-refractivity contribution < 1.29 is 34.9 Å². The van der Waals surface area contributed by atoms with Crippen molar-refractivity contribution in [2.45, 2.75) is 18.1 Å². The van der Waals surface area contributed by atoms with Gasteiger partial charge in [0.1, 0.15) is 11.7 Å². The number of nitrogens with zero attached hydrogens (tertiary/aromatic N) is 1. The molecule has 2 N–H and O–H groups in total. The monoisotopic (exact) mass is 283 g/mol. The van der Waals surface area contributed by atoms with Crippen LogP contribution in [0, 0.1) is 10.1 Å². The van der Waals surface area contributed by atoms with Gasteiger partial charge in [0.05, 0.1) is 16.9 Å².